The van der Waals surface area contributed by atoms with Gasteiger partial charge in [0.05, 0.1) is 0 Å². The molecular formula is C12H14N4S2. The molecule has 3 N–H and O–H groups in total. The van der Waals surface area contributed by atoms with Crippen LogP contribution in [0.2, 0.25) is 0 Å². The van der Waals surface area contributed by atoms with Crippen LogP contribution in [0.15, 0.2) is 16.8 Å². The van der Waals surface area contributed by atoms with E-state index in [1.165, 1.54) is 11.1 Å². The summed E-state index contributed by atoms with van der Waals surface area (Å²) in [7, 11) is 0. The number of thiophene rings is 1. The highest BCUT2D eigenvalue weighted by atomic mass is 32.1. The van der Waals surface area contributed by atoms with E-state index in [1.807, 2.05) is 6.92 Å². The topological polar surface area (TPSA) is 63.8 Å². The lowest BCUT2D eigenvalue weighted by Gasteiger charge is -2.07. The number of anilines is 1. The predicted octanol–water partition coefficient (Wildman–Crippen LogP) is 2.40. The monoisotopic (exact) mass is 278 g/mol. The number of hydrogen-bond donors (Lipinski definition) is 2. The number of aromatic nitrogens is 2. The van der Waals surface area contributed by atoms with Crippen molar-refractivity contribution in [1.29, 1.82) is 0 Å². The molecule has 0 aliphatic heterocycles. The Morgan fingerprint density at radius 2 is 2.17 bits per heavy atom. The average Bonchev–Trinajstić information content (AvgIpc) is 2.71. The molecule has 2 heterocycles. The average molecular weight is 278 g/mol. The van der Waals surface area contributed by atoms with E-state index in [2.05, 4.69) is 33.0 Å². The van der Waals surface area contributed by atoms with E-state index >= 15 is 0 Å². The van der Waals surface area contributed by atoms with Crippen molar-refractivity contribution >= 4 is 34.5 Å². The van der Waals surface area contributed by atoms with Crippen LogP contribution in [0.4, 0.5) is 5.95 Å². The van der Waals surface area contributed by atoms with Gasteiger partial charge in [-0.2, -0.15) is 11.3 Å². The lowest BCUT2D eigenvalue weighted by molar-refractivity contribution is 1.02. The second-order valence-electron chi connectivity index (χ2n) is 4.02. The first kappa shape index (κ1) is 12.9. The Morgan fingerprint density at radius 3 is 2.78 bits per heavy atom. The van der Waals surface area contributed by atoms with Gasteiger partial charge in [-0.3, -0.25) is 0 Å². The molecule has 2 aromatic heterocycles. The minimum Gasteiger partial charge on any atom is -0.388 e. The maximum Gasteiger partial charge on any atom is 0.223 e. The Morgan fingerprint density at radius 1 is 1.39 bits per heavy atom. The maximum atomic E-state index is 5.58. The molecule has 0 spiro atoms. The SMILES string of the molecule is Cc1cc(C(N)=S)nc(NCc2cscc2C)n1. The summed E-state index contributed by atoms with van der Waals surface area (Å²) in [5.74, 6) is 0.559. The zero-order chi connectivity index (χ0) is 13.1. The fourth-order valence-electron chi connectivity index (χ4n) is 1.52. The van der Waals surface area contributed by atoms with Crippen LogP contribution in [0.25, 0.3) is 0 Å². The zero-order valence-electron chi connectivity index (χ0n) is 10.2. The molecule has 2 rings (SSSR count). The molecular weight excluding hydrogens is 264 g/mol. The van der Waals surface area contributed by atoms with Crippen molar-refractivity contribution in [3.05, 3.63) is 39.3 Å². The molecule has 2 aromatic rings. The summed E-state index contributed by atoms with van der Waals surface area (Å²) >= 11 is 6.62. The Balaban J connectivity index is 2.14. The molecule has 0 aliphatic carbocycles. The van der Waals surface area contributed by atoms with Crippen molar-refractivity contribution in [2.45, 2.75) is 20.4 Å². The van der Waals surface area contributed by atoms with E-state index in [-0.39, 0.29) is 4.99 Å². The van der Waals surface area contributed by atoms with Crippen molar-refractivity contribution in [3.8, 4) is 0 Å². The van der Waals surface area contributed by atoms with Gasteiger partial charge in [-0.15, -0.1) is 0 Å². The third-order valence-corrected chi connectivity index (χ3v) is 3.62. The third-order valence-electron chi connectivity index (χ3n) is 2.51. The number of thiocarbonyl (C=S) groups is 1. The van der Waals surface area contributed by atoms with Crippen molar-refractivity contribution in [1.82, 2.24) is 9.97 Å². The predicted molar refractivity (Wildman–Crippen MR) is 79.0 cm³/mol. The van der Waals surface area contributed by atoms with Crippen molar-refractivity contribution in [2.75, 3.05) is 5.32 Å². The molecule has 0 atom stereocenters. The number of nitrogens with zero attached hydrogens (tertiary/aromatic N) is 2. The molecule has 0 aliphatic rings. The van der Waals surface area contributed by atoms with Gasteiger partial charge in [0.25, 0.3) is 0 Å². The van der Waals surface area contributed by atoms with Crippen LogP contribution in [0.5, 0.6) is 0 Å². The second-order valence-corrected chi connectivity index (χ2v) is 5.20. The van der Waals surface area contributed by atoms with Crippen LogP contribution in [0, 0.1) is 13.8 Å². The Hall–Kier alpha value is -1.53. The summed E-state index contributed by atoms with van der Waals surface area (Å²) in [6.07, 6.45) is 0. The molecule has 0 saturated carbocycles. The van der Waals surface area contributed by atoms with Gasteiger partial charge in [-0.25, -0.2) is 9.97 Å². The summed E-state index contributed by atoms with van der Waals surface area (Å²) in [6, 6.07) is 1.78. The van der Waals surface area contributed by atoms with Crippen LogP contribution < -0.4 is 11.1 Å². The molecule has 4 nitrogen and oxygen atoms in total. The maximum absolute atomic E-state index is 5.58. The number of nitrogens with two attached hydrogens (primary N) is 1. The van der Waals surface area contributed by atoms with Gasteiger partial charge in [0.15, 0.2) is 0 Å². The van der Waals surface area contributed by atoms with Crippen LogP contribution in [0.1, 0.15) is 22.5 Å². The highest BCUT2D eigenvalue weighted by Crippen LogP contribution is 2.15. The van der Waals surface area contributed by atoms with E-state index in [0.717, 1.165) is 5.69 Å². The molecule has 0 bridgehead atoms. The number of aryl methyl sites for hydroxylation is 2. The Labute approximate surface area is 115 Å². The number of rotatable bonds is 4. The van der Waals surface area contributed by atoms with Crippen LogP contribution >= 0.6 is 23.6 Å². The summed E-state index contributed by atoms with van der Waals surface area (Å²) in [5.41, 5.74) is 9.55. The molecule has 0 radical (unpaired) electrons. The molecule has 18 heavy (non-hydrogen) atoms. The minimum absolute atomic E-state index is 0.287. The molecule has 0 fully saturated rings. The van der Waals surface area contributed by atoms with E-state index in [9.17, 15) is 0 Å². The van der Waals surface area contributed by atoms with E-state index in [4.69, 9.17) is 18.0 Å². The summed E-state index contributed by atoms with van der Waals surface area (Å²) in [5, 5.41) is 7.43. The van der Waals surface area contributed by atoms with Crippen LogP contribution in [-0.4, -0.2) is 15.0 Å². The number of nitrogens with one attached hydrogen (secondary N) is 1. The van der Waals surface area contributed by atoms with Crippen molar-refractivity contribution < 1.29 is 0 Å². The van der Waals surface area contributed by atoms with Crippen molar-refractivity contribution in [2.24, 2.45) is 5.73 Å². The minimum atomic E-state index is 0.287. The Bertz CT molecular complexity index is 577. The molecule has 0 amide bonds. The summed E-state index contributed by atoms with van der Waals surface area (Å²) < 4.78 is 0. The molecule has 6 heteroatoms. The van der Waals surface area contributed by atoms with E-state index < -0.39 is 0 Å². The summed E-state index contributed by atoms with van der Waals surface area (Å²) in [4.78, 5) is 8.88. The Kier molecular flexibility index (Phi) is 3.88. The molecule has 0 saturated heterocycles. The highest BCUT2D eigenvalue weighted by Gasteiger charge is 2.05. The van der Waals surface area contributed by atoms with E-state index in [0.29, 0.717) is 18.2 Å². The van der Waals surface area contributed by atoms with Gasteiger partial charge in [-0.05, 0) is 41.8 Å². The lowest BCUT2D eigenvalue weighted by Crippen LogP contribution is -2.14. The van der Waals surface area contributed by atoms with Crippen LogP contribution in [-0.2, 0) is 6.54 Å². The number of hydrogen-bond acceptors (Lipinski definition) is 5. The van der Waals surface area contributed by atoms with Crippen LogP contribution in [0.3, 0.4) is 0 Å². The van der Waals surface area contributed by atoms with Gasteiger partial charge in [0, 0.05) is 12.2 Å². The normalized spacial score (nSPS) is 10.3. The van der Waals surface area contributed by atoms with Gasteiger partial charge in [0.2, 0.25) is 5.95 Å². The standard InChI is InChI=1S/C12H14N4S2/c1-7-5-18-6-9(7)4-14-12-15-8(2)3-10(16-12)11(13)17/h3,5-6H,4H2,1-2H3,(H2,13,17)(H,14,15,16). The second kappa shape index (κ2) is 5.41. The third kappa shape index (κ3) is 3.02. The smallest absolute Gasteiger partial charge is 0.223 e. The molecule has 0 aromatic carbocycles. The quantitative estimate of drug-likeness (QED) is 0.841. The fourth-order valence-corrected chi connectivity index (χ4v) is 2.48. The molecule has 94 valence electrons. The first-order valence-corrected chi connectivity index (χ1v) is 6.82. The molecule has 0 unspecified atom stereocenters. The first-order chi connectivity index (χ1) is 8.56. The van der Waals surface area contributed by atoms with Gasteiger partial charge < -0.3 is 11.1 Å². The first-order valence-electron chi connectivity index (χ1n) is 5.47. The van der Waals surface area contributed by atoms with Crippen molar-refractivity contribution in [3.63, 3.8) is 0 Å². The van der Waals surface area contributed by atoms with Gasteiger partial charge in [-0.1, -0.05) is 12.2 Å². The zero-order valence-corrected chi connectivity index (χ0v) is 11.9. The fraction of sp³-hybridized carbons (Fsp3) is 0.250. The van der Waals surface area contributed by atoms with Gasteiger partial charge in [0.1, 0.15) is 10.7 Å². The largest absolute Gasteiger partial charge is 0.388 e. The highest BCUT2D eigenvalue weighted by molar-refractivity contribution is 7.80. The summed E-state index contributed by atoms with van der Waals surface area (Å²) in [6.45, 7) is 4.69. The van der Waals surface area contributed by atoms with Gasteiger partial charge >= 0.3 is 0 Å². The van der Waals surface area contributed by atoms with E-state index in [1.54, 1.807) is 17.4 Å². The lowest BCUT2D eigenvalue weighted by atomic mass is 10.2.